The van der Waals surface area contributed by atoms with Crippen LogP contribution in [0.2, 0.25) is 8.67 Å². The number of hydrogen-bond acceptors (Lipinski definition) is 3. The third-order valence-electron chi connectivity index (χ3n) is 2.14. The molecule has 0 aliphatic rings. The molecule has 0 spiro atoms. The molecule has 0 N–H and O–H groups in total. The normalized spacial score (nSPS) is 12.3. The van der Waals surface area contributed by atoms with Crippen LogP contribution in [0.1, 0.15) is 13.3 Å². The van der Waals surface area contributed by atoms with E-state index in [1.807, 2.05) is 0 Å². The van der Waals surface area contributed by atoms with Gasteiger partial charge >= 0.3 is 0 Å². The van der Waals surface area contributed by atoms with Gasteiger partial charge in [-0.1, -0.05) is 46.1 Å². The zero-order valence-corrected chi connectivity index (χ0v) is 13.9. The third-order valence-corrected chi connectivity index (χ3v) is 6.43. The molecule has 0 fully saturated rings. The predicted octanol–water partition coefficient (Wildman–Crippen LogP) is 3.85. The lowest BCUT2D eigenvalue weighted by Gasteiger charge is -2.19. The van der Waals surface area contributed by atoms with Crippen molar-refractivity contribution in [3.63, 3.8) is 0 Å². The number of alkyl halides is 1. The smallest absolute Gasteiger partial charge is 0.207 e. The van der Waals surface area contributed by atoms with Crippen LogP contribution >= 0.6 is 50.5 Å². The van der Waals surface area contributed by atoms with Crippen LogP contribution in [0.25, 0.3) is 0 Å². The lowest BCUT2D eigenvalue weighted by Crippen LogP contribution is -2.32. The van der Waals surface area contributed by atoms with Crippen LogP contribution in [0.5, 0.6) is 0 Å². The molecule has 1 aromatic rings. The summed E-state index contributed by atoms with van der Waals surface area (Å²) < 4.78 is 26.6. The fourth-order valence-corrected chi connectivity index (χ4v) is 5.18. The molecule has 17 heavy (non-hydrogen) atoms. The van der Waals surface area contributed by atoms with E-state index in [1.54, 1.807) is 6.92 Å². The van der Waals surface area contributed by atoms with Gasteiger partial charge in [0.05, 0.1) is 4.34 Å². The molecule has 8 heteroatoms. The summed E-state index contributed by atoms with van der Waals surface area (Å²) in [5, 5.41) is 0.761. The van der Waals surface area contributed by atoms with E-state index in [1.165, 1.54) is 10.4 Å². The molecular weight excluding hydrogens is 369 g/mol. The van der Waals surface area contributed by atoms with Crippen LogP contribution in [0.3, 0.4) is 0 Å². The van der Waals surface area contributed by atoms with Gasteiger partial charge in [-0.05, 0) is 12.5 Å². The van der Waals surface area contributed by atoms with Gasteiger partial charge in [-0.15, -0.1) is 11.3 Å². The molecule has 0 aromatic carbocycles. The Morgan fingerprint density at radius 3 is 2.53 bits per heavy atom. The van der Waals surface area contributed by atoms with Crippen LogP contribution < -0.4 is 0 Å². The first-order valence-electron chi connectivity index (χ1n) is 4.94. The van der Waals surface area contributed by atoms with Gasteiger partial charge in [-0.3, -0.25) is 0 Å². The van der Waals surface area contributed by atoms with E-state index in [2.05, 4.69) is 15.9 Å². The molecule has 98 valence electrons. The molecular formula is C9H12BrCl2NO2S2. The highest BCUT2D eigenvalue weighted by atomic mass is 79.9. The summed E-state index contributed by atoms with van der Waals surface area (Å²) in [4.78, 5) is 0.102. The monoisotopic (exact) mass is 379 g/mol. The Morgan fingerprint density at radius 2 is 2.12 bits per heavy atom. The van der Waals surface area contributed by atoms with Crippen molar-refractivity contribution in [1.29, 1.82) is 0 Å². The van der Waals surface area contributed by atoms with Crippen molar-refractivity contribution in [3.05, 3.63) is 14.7 Å². The highest BCUT2D eigenvalue weighted by molar-refractivity contribution is 9.09. The molecule has 0 bridgehead atoms. The molecule has 0 saturated carbocycles. The number of nitrogens with zero attached hydrogens (tertiary/aromatic N) is 1. The van der Waals surface area contributed by atoms with Crippen molar-refractivity contribution in [2.24, 2.45) is 0 Å². The zero-order valence-electron chi connectivity index (χ0n) is 9.12. The minimum atomic E-state index is -3.53. The molecule has 1 aromatic heterocycles. The lowest BCUT2D eigenvalue weighted by molar-refractivity contribution is 0.429. The SMILES string of the molecule is CCN(CCCBr)S(=O)(=O)c1cc(Cl)sc1Cl. The first-order chi connectivity index (χ1) is 7.93. The summed E-state index contributed by atoms with van der Waals surface area (Å²) in [5.41, 5.74) is 0. The van der Waals surface area contributed by atoms with Gasteiger partial charge in [-0.2, -0.15) is 4.31 Å². The van der Waals surface area contributed by atoms with E-state index in [4.69, 9.17) is 23.2 Å². The van der Waals surface area contributed by atoms with Crippen LogP contribution in [0.4, 0.5) is 0 Å². The Balaban J connectivity index is 3.04. The lowest BCUT2D eigenvalue weighted by atomic mass is 10.5. The summed E-state index contributed by atoms with van der Waals surface area (Å²) in [6.07, 6.45) is 0.753. The number of sulfonamides is 1. The molecule has 0 aliphatic heterocycles. The fourth-order valence-electron chi connectivity index (χ4n) is 1.32. The maximum absolute atomic E-state index is 12.3. The molecule has 0 saturated heterocycles. The maximum Gasteiger partial charge on any atom is 0.245 e. The Labute approximate surface area is 124 Å². The van der Waals surface area contributed by atoms with E-state index in [0.717, 1.165) is 23.1 Å². The van der Waals surface area contributed by atoms with Crippen molar-refractivity contribution in [2.75, 3.05) is 18.4 Å². The largest absolute Gasteiger partial charge is 0.245 e. The Bertz CT molecular complexity index is 475. The van der Waals surface area contributed by atoms with Crippen LogP contribution in [0.15, 0.2) is 11.0 Å². The molecule has 1 rings (SSSR count). The fraction of sp³-hybridized carbons (Fsp3) is 0.556. The summed E-state index contributed by atoms with van der Waals surface area (Å²) in [6.45, 7) is 2.68. The maximum atomic E-state index is 12.3. The summed E-state index contributed by atoms with van der Waals surface area (Å²) in [6, 6.07) is 1.40. The minimum absolute atomic E-state index is 0.102. The van der Waals surface area contributed by atoms with Gasteiger partial charge in [0.2, 0.25) is 10.0 Å². The van der Waals surface area contributed by atoms with Crippen LogP contribution in [-0.4, -0.2) is 31.1 Å². The summed E-state index contributed by atoms with van der Waals surface area (Å²) >= 11 is 16.0. The number of hydrogen-bond donors (Lipinski definition) is 0. The van der Waals surface area contributed by atoms with E-state index >= 15 is 0 Å². The quantitative estimate of drug-likeness (QED) is 0.703. The second-order valence-electron chi connectivity index (χ2n) is 3.23. The number of rotatable bonds is 6. The highest BCUT2D eigenvalue weighted by Gasteiger charge is 2.26. The van der Waals surface area contributed by atoms with Gasteiger partial charge in [0.25, 0.3) is 0 Å². The standard InChI is InChI=1S/C9H12BrCl2NO2S2/c1-2-13(5-3-4-10)17(14,15)7-6-8(11)16-9(7)12/h6H,2-5H2,1H3. The second kappa shape index (κ2) is 6.73. The average Bonchev–Trinajstić information content (AvgIpc) is 2.59. The predicted molar refractivity (Wildman–Crippen MR) is 77.2 cm³/mol. The van der Waals surface area contributed by atoms with Crippen molar-refractivity contribution in [3.8, 4) is 0 Å². The van der Waals surface area contributed by atoms with Crippen LogP contribution in [0, 0.1) is 0 Å². The topological polar surface area (TPSA) is 37.4 Å². The van der Waals surface area contributed by atoms with E-state index < -0.39 is 10.0 Å². The average molecular weight is 381 g/mol. The molecule has 0 amide bonds. The van der Waals surface area contributed by atoms with Gasteiger partial charge < -0.3 is 0 Å². The van der Waals surface area contributed by atoms with Gasteiger partial charge in [0.15, 0.2) is 0 Å². The van der Waals surface area contributed by atoms with Crippen LogP contribution in [-0.2, 0) is 10.0 Å². The summed E-state index contributed by atoms with van der Waals surface area (Å²) in [5.74, 6) is 0. The highest BCUT2D eigenvalue weighted by Crippen LogP contribution is 2.35. The van der Waals surface area contributed by atoms with Crippen molar-refractivity contribution < 1.29 is 8.42 Å². The first kappa shape index (κ1) is 15.7. The van der Waals surface area contributed by atoms with Gasteiger partial charge in [0, 0.05) is 18.4 Å². The molecule has 0 unspecified atom stereocenters. The van der Waals surface area contributed by atoms with E-state index in [0.29, 0.717) is 17.4 Å². The zero-order chi connectivity index (χ0) is 13.1. The van der Waals surface area contributed by atoms with Gasteiger partial charge in [-0.25, -0.2) is 8.42 Å². The second-order valence-corrected chi connectivity index (χ2v) is 8.21. The Kier molecular flexibility index (Phi) is 6.22. The third kappa shape index (κ3) is 3.81. The number of thiophene rings is 1. The van der Waals surface area contributed by atoms with Gasteiger partial charge in [0.1, 0.15) is 9.23 Å². The van der Waals surface area contributed by atoms with E-state index in [9.17, 15) is 8.42 Å². The van der Waals surface area contributed by atoms with Crippen molar-refractivity contribution >= 4 is 60.5 Å². The molecule has 3 nitrogen and oxygen atoms in total. The molecule has 1 heterocycles. The summed E-state index contributed by atoms with van der Waals surface area (Å²) in [7, 11) is -3.53. The Morgan fingerprint density at radius 1 is 1.47 bits per heavy atom. The number of halogens is 3. The molecule has 0 radical (unpaired) electrons. The molecule has 0 atom stereocenters. The minimum Gasteiger partial charge on any atom is -0.207 e. The van der Waals surface area contributed by atoms with Crippen molar-refractivity contribution in [1.82, 2.24) is 4.31 Å². The van der Waals surface area contributed by atoms with E-state index in [-0.39, 0.29) is 9.23 Å². The van der Waals surface area contributed by atoms with Crippen molar-refractivity contribution in [2.45, 2.75) is 18.2 Å². The molecule has 0 aliphatic carbocycles. The first-order valence-corrected chi connectivity index (χ1v) is 9.07. The Hall–Kier alpha value is 0.670.